The topological polar surface area (TPSA) is 68.8 Å². The van der Waals surface area contributed by atoms with Gasteiger partial charge in [-0.1, -0.05) is 15.9 Å². The SMILES string of the molecule is COc1cc(C(=O)NC(=S)Nc2ccc(Br)cc2F)cc(OC)c1OC. The minimum Gasteiger partial charge on any atom is -0.493 e. The van der Waals surface area contributed by atoms with E-state index in [1.807, 2.05) is 0 Å². The number of rotatable bonds is 5. The van der Waals surface area contributed by atoms with Gasteiger partial charge in [0.25, 0.3) is 5.91 Å². The standard InChI is InChI=1S/C17H16BrFN2O4S/c1-23-13-6-9(7-14(24-2)15(13)25-3)16(22)21-17(26)20-12-5-4-10(18)8-11(12)19/h4-8H,1-3H3,(H2,20,21,22,26). The summed E-state index contributed by atoms with van der Waals surface area (Å²) in [6.45, 7) is 0. The summed E-state index contributed by atoms with van der Waals surface area (Å²) in [7, 11) is 4.36. The van der Waals surface area contributed by atoms with Crippen molar-refractivity contribution in [3.63, 3.8) is 0 Å². The fourth-order valence-electron chi connectivity index (χ4n) is 2.13. The first-order valence-electron chi connectivity index (χ1n) is 7.27. The van der Waals surface area contributed by atoms with Crippen LogP contribution in [0.25, 0.3) is 0 Å². The Bertz CT molecular complexity index is 823. The Balaban J connectivity index is 2.17. The number of amides is 1. The smallest absolute Gasteiger partial charge is 0.257 e. The summed E-state index contributed by atoms with van der Waals surface area (Å²) in [5.41, 5.74) is 0.378. The Labute approximate surface area is 163 Å². The quantitative estimate of drug-likeness (QED) is 0.687. The lowest BCUT2D eigenvalue weighted by Gasteiger charge is -2.15. The summed E-state index contributed by atoms with van der Waals surface area (Å²) >= 11 is 8.24. The van der Waals surface area contributed by atoms with Crippen molar-refractivity contribution in [1.29, 1.82) is 0 Å². The van der Waals surface area contributed by atoms with Gasteiger partial charge in [-0.15, -0.1) is 0 Å². The molecule has 6 nitrogen and oxygen atoms in total. The molecule has 0 bridgehead atoms. The van der Waals surface area contributed by atoms with Crippen LogP contribution in [0.3, 0.4) is 0 Å². The van der Waals surface area contributed by atoms with Gasteiger partial charge in [-0.2, -0.15) is 0 Å². The highest BCUT2D eigenvalue weighted by atomic mass is 79.9. The second-order valence-electron chi connectivity index (χ2n) is 4.95. The van der Waals surface area contributed by atoms with E-state index >= 15 is 0 Å². The van der Waals surface area contributed by atoms with Gasteiger partial charge < -0.3 is 19.5 Å². The summed E-state index contributed by atoms with van der Waals surface area (Å²) in [4.78, 5) is 12.4. The minimum atomic E-state index is -0.515. The molecule has 0 aliphatic carbocycles. The number of ether oxygens (including phenoxy) is 3. The molecule has 138 valence electrons. The normalized spacial score (nSPS) is 10.0. The fourth-order valence-corrected chi connectivity index (χ4v) is 2.67. The van der Waals surface area contributed by atoms with Crippen LogP contribution in [0, 0.1) is 5.82 Å². The van der Waals surface area contributed by atoms with Crippen LogP contribution in [0.15, 0.2) is 34.8 Å². The van der Waals surface area contributed by atoms with Gasteiger partial charge in [0.15, 0.2) is 16.6 Å². The van der Waals surface area contributed by atoms with E-state index in [-0.39, 0.29) is 16.4 Å². The Morgan fingerprint density at radius 3 is 2.19 bits per heavy atom. The number of benzene rings is 2. The molecule has 2 rings (SSSR count). The Kier molecular flexibility index (Phi) is 6.76. The zero-order valence-corrected chi connectivity index (χ0v) is 16.6. The zero-order valence-electron chi connectivity index (χ0n) is 14.2. The molecule has 1 amide bonds. The van der Waals surface area contributed by atoms with Gasteiger partial charge in [0, 0.05) is 10.0 Å². The number of methoxy groups -OCH3 is 3. The summed E-state index contributed by atoms with van der Waals surface area (Å²) in [5.74, 6) is -0.00289. The van der Waals surface area contributed by atoms with Gasteiger partial charge in [-0.25, -0.2) is 4.39 Å². The largest absolute Gasteiger partial charge is 0.493 e. The molecule has 2 N–H and O–H groups in total. The summed E-state index contributed by atoms with van der Waals surface area (Å²) in [6, 6.07) is 7.40. The molecule has 26 heavy (non-hydrogen) atoms. The van der Waals surface area contributed by atoms with Gasteiger partial charge >= 0.3 is 0 Å². The van der Waals surface area contributed by atoms with Crippen LogP contribution in [0.4, 0.5) is 10.1 Å². The number of halogens is 2. The van der Waals surface area contributed by atoms with Crippen molar-refractivity contribution >= 4 is 44.9 Å². The molecule has 0 aliphatic heterocycles. The maximum absolute atomic E-state index is 13.8. The molecule has 0 aromatic heterocycles. The Morgan fingerprint density at radius 2 is 1.69 bits per heavy atom. The highest BCUT2D eigenvalue weighted by molar-refractivity contribution is 9.10. The molecule has 0 radical (unpaired) electrons. The number of carbonyl (C=O) groups excluding carboxylic acids is 1. The predicted molar refractivity (Wildman–Crippen MR) is 104 cm³/mol. The van der Waals surface area contributed by atoms with Gasteiger partial charge in [0.2, 0.25) is 5.75 Å². The van der Waals surface area contributed by atoms with E-state index in [0.717, 1.165) is 0 Å². The van der Waals surface area contributed by atoms with E-state index in [0.29, 0.717) is 21.7 Å². The number of hydrogen-bond donors (Lipinski definition) is 2. The van der Waals surface area contributed by atoms with Crippen LogP contribution >= 0.6 is 28.1 Å². The van der Waals surface area contributed by atoms with Crippen molar-refractivity contribution in [2.24, 2.45) is 0 Å². The van der Waals surface area contributed by atoms with Crippen LogP contribution in [0.5, 0.6) is 17.2 Å². The summed E-state index contributed by atoms with van der Waals surface area (Å²) < 4.78 is 30.1. The first kappa shape index (κ1) is 19.9. The Morgan fingerprint density at radius 1 is 1.08 bits per heavy atom. The number of nitrogens with one attached hydrogen (secondary N) is 2. The average Bonchev–Trinajstić information content (AvgIpc) is 2.62. The third-order valence-corrected chi connectivity index (χ3v) is 4.03. The third kappa shape index (κ3) is 4.61. The lowest BCUT2D eigenvalue weighted by atomic mass is 10.1. The van der Waals surface area contributed by atoms with E-state index in [1.54, 1.807) is 6.07 Å². The third-order valence-electron chi connectivity index (χ3n) is 3.33. The second-order valence-corrected chi connectivity index (χ2v) is 6.27. The van der Waals surface area contributed by atoms with E-state index in [9.17, 15) is 9.18 Å². The van der Waals surface area contributed by atoms with E-state index in [4.69, 9.17) is 26.4 Å². The second kappa shape index (κ2) is 8.81. The molecule has 0 aliphatic rings. The molecular weight excluding hydrogens is 427 g/mol. The molecule has 9 heteroatoms. The van der Waals surface area contributed by atoms with Crippen molar-refractivity contribution in [2.45, 2.75) is 0 Å². The monoisotopic (exact) mass is 442 g/mol. The van der Waals surface area contributed by atoms with Crippen LogP contribution in [-0.4, -0.2) is 32.3 Å². The lowest BCUT2D eigenvalue weighted by molar-refractivity contribution is 0.0977. The number of carbonyl (C=O) groups is 1. The van der Waals surface area contributed by atoms with E-state index in [1.165, 1.54) is 45.6 Å². The molecule has 2 aromatic carbocycles. The molecule has 0 saturated carbocycles. The highest BCUT2D eigenvalue weighted by Gasteiger charge is 2.18. The molecule has 0 fully saturated rings. The predicted octanol–water partition coefficient (Wildman–Crippen LogP) is 3.74. The van der Waals surface area contributed by atoms with E-state index in [2.05, 4.69) is 26.6 Å². The van der Waals surface area contributed by atoms with Crippen molar-refractivity contribution in [3.8, 4) is 17.2 Å². The molecule has 0 spiro atoms. The lowest BCUT2D eigenvalue weighted by Crippen LogP contribution is -2.34. The van der Waals surface area contributed by atoms with Gasteiger partial charge in [-0.3, -0.25) is 10.1 Å². The maximum Gasteiger partial charge on any atom is 0.257 e. The fraction of sp³-hybridized carbons (Fsp3) is 0.176. The first-order chi connectivity index (χ1) is 12.4. The van der Waals surface area contributed by atoms with Crippen LogP contribution in [0.1, 0.15) is 10.4 Å². The van der Waals surface area contributed by atoms with Crippen molar-refractivity contribution < 1.29 is 23.4 Å². The van der Waals surface area contributed by atoms with Crippen molar-refractivity contribution in [2.75, 3.05) is 26.6 Å². The molecule has 2 aromatic rings. The first-order valence-corrected chi connectivity index (χ1v) is 8.47. The molecule has 0 atom stereocenters. The summed E-state index contributed by atoms with van der Waals surface area (Å²) in [5, 5.41) is 5.06. The zero-order chi connectivity index (χ0) is 19.3. The maximum atomic E-state index is 13.8. The average molecular weight is 443 g/mol. The number of hydrogen-bond acceptors (Lipinski definition) is 5. The molecule has 0 heterocycles. The molecule has 0 unspecified atom stereocenters. The Hall–Kier alpha value is -2.39. The van der Waals surface area contributed by atoms with Gasteiger partial charge in [-0.05, 0) is 42.5 Å². The van der Waals surface area contributed by atoms with Crippen LogP contribution in [-0.2, 0) is 0 Å². The minimum absolute atomic E-state index is 0.0509. The van der Waals surface area contributed by atoms with Gasteiger partial charge in [0.05, 0.1) is 27.0 Å². The van der Waals surface area contributed by atoms with Gasteiger partial charge in [0.1, 0.15) is 5.82 Å². The molecular formula is C17H16BrFN2O4S. The molecule has 0 saturated heterocycles. The summed E-state index contributed by atoms with van der Waals surface area (Å²) in [6.07, 6.45) is 0. The van der Waals surface area contributed by atoms with Crippen LogP contribution in [0.2, 0.25) is 0 Å². The van der Waals surface area contributed by atoms with Crippen LogP contribution < -0.4 is 24.8 Å². The number of anilines is 1. The van der Waals surface area contributed by atoms with Crippen molar-refractivity contribution in [3.05, 3.63) is 46.2 Å². The number of thiocarbonyl (C=S) groups is 1. The van der Waals surface area contributed by atoms with E-state index < -0.39 is 11.7 Å². The van der Waals surface area contributed by atoms with Crippen molar-refractivity contribution in [1.82, 2.24) is 5.32 Å². The highest BCUT2D eigenvalue weighted by Crippen LogP contribution is 2.38.